The molecule has 3 rings (SSSR count). The smallest absolute Gasteiger partial charge is 0.407 e. The number of carbonyl (C=O) groups excluding carboxylic acids is 1. The number of nitrogens with one attached hydrogen (secondary N) is 1. The molecule has 1 amide bonds. The Morgan fingerprint density at radius 1 is 0.963 bits per heavy atom. The van der Waals surface area contributed by atoms with E-state index in [0.717, 1.165) is 17.7 Å². The minimum absolute atomic E-state index is 0.140. The van der Waals surface area contributed by atoms with E-state index in [-0.39, 0.29) is 12.7 Å². The van der Waals surface area contributed by atoms with Crippen molar-refractivity contribution >= 4 is 6.09 Å². The highest BCUT2D eigenvalue weighted by Gasteiger charge is 2.30. The fourth-order valence-electron chi connectivity index (χ4n) is 3.48. The van der Waals surface area contributed by atoms with Crippen molar-refractivity contribution in [2.24, 2.45) is 17.8 Å². The monoisotopic (exact) mass is 369 g/mol. The van der Waals surface area contributed by atoms with Gasteiger partial charge in [-0.15, -0.1) is 0 Å². The highest BCUT2D eigenvalue weighted by Crippen LogP contribution is 2.35. The summed E-state index contributed by atoms with van der Waals surface area (Å²) in [5, 5.41) is 11.4. The highest BCUT2D eigenvalue weighted by molar-refractivity contribution is 5.67. The molecule has 0 saturated heterocycles. The Bertz CT molecular complexity index is 650. The Morgan fingerprint density at radius 2 is 1.48 bits per heavy atom. The maximum absolute atomic E-state index is 11.7. The van der Waals surface area contributed by atoms with Crippen LogP contribution < -0.4 is 5.32 Å². The Kier molecular flexibility index (Phi) is 8.85. The van der Waals surface area contributed by atoms with E-state index in [9.17, 15) is 4.79 Å². The van der Waals surface area contributed by atoms with Crippen molar-refractivity contribution in [1.29, 1.82) is 0 Å². The van der Waals surface area contributed by atoms with Gasteiger partial charge in [0.25, 0.3) is 0 Å². The van der Waals surface area contributed by atoms with Gasteiger partial charge in [0.1, 0.15) is 6.61 Å². The molecule has 2 unspecified atom stereocenters. The van der Waals surface area contributed by atoms with Crippen molar-refractivity contribution < 1.29 is 14.6 Å². The number of hydrogen-bond donors (Lipinski definition) is 2. The predicted octanol–water partition coefficient (Wildman–Crippen LogP) is 4.77. The lowest BCUT2D eigenvalue weighted by atomic mass is 9.92. The molecule has 146 valence electrons. The van der Waals surface area contributed by atoms with Crippen molar-refractivity contribution in [2.75, 3.05) is 6.54 Å². The summed E-state index contributed by atoms with van der Waals surface area (Å²) in [5.74, 6) is 1.98. The lowest BCUT2D eigenvalue weighted by molar-refractivity contribution is 0.136. The molecule has 2 aromatic rings. The molecule has 0 aromatic heterocycles. The summed E-state index contributed by atoms with van der Waals surface area (Å²) >= 11 is 0. The first-order valence-corrected chi connectivity index (χ1v) is 9.69. The van der Waals surface area contributed by atoms with Crippen LogP contribution in [0.5, 0.6) is 0 Å². The topological polar surface area (TPSA) is 58.6 Å². The van der Waals surface area contributed by atoms with Crippen LogP contribution in [-0.2, 0) is 18.0 Å². The molecular formula is C23H31NO3. The van der Waals surface area contributed by atoms with Gasteiger partial charge in [-0.1, -0.05) is 87.4 Å². The van der Waals surface area contributed by atoms with E-state index in [2.05, 4.69) is 19.2 Å². The molecule has 1 fully saturated rings. The van der Waals surface area contributed by atoms with Crippen LogP contribution in [0.15, 0.2) is 60.7 Å². The lowest BCUT2D eigenvalue weighted by Crippen LogP contribution is -2.32. The summed E-state index contributed by atoms with van der Waals surface area (Å²) in [6.07, 6.45) is 2.23. The number of ether oxygens (including phenoxy) is 1. The van der Waals surface area contributed by atoms with Crippen LogP contribution >= 0.6 is 0 Å². The van der Waals surface area contributed by atoms with Crippen LogP contribution in [0.1, 0.15) is 37.8 Å². The van der Waals surface area contributed by atoms with Gasteiger partial charge in [0.15, 0.2) is 0 Å². The van der Waals surface area contributed by atoms with Crippen LogP contribution in [-0.4, -0.2) is 17.7 Å². The largest absolute Gasteiger partial charge is 0.445 e. The zero-order valence-corrected chi connectivity index (χ0v) is 16.3. The summed E-state index contributed by atoms with van der Waals surface area (Å²) in [6, 6.07) is 19.3. The standard InChI is InChI=1S/C16H23NO2.C7H8O/c1-12-8-9-13(2)15(12)10-17-16(18)19-11-14-6-4-3-5-7-14;8-6-7-4-2-1-3-5-7/h3-7,12-13,15H,8-11H2,1-2H3,(H,17,18);1-5,8H,6H2/t12-,13?,15?;/m1./s1. The molecule has 0 aliphatic heterocycles. The normalized spacial score (nSPS) is 21.1. The van der Waals surface area contributed by atoms with Crippen molar-refractivity contribution in [2.45, 2.75) is 39.9 Å². The molecule has 2 aromatic carbocycles. The van der Waals surface area contributed by atoms with Crippen molar-refractivity contribution in [3.05, 3.63) is 71.8 Å². The van der Waals surface area contributed by atoms with Gasteiger partial charge in [-0.05, 0) is 28.9 Å². The van der Waals surface area contributed by atoms with E-state index in [1.807, 2.05) is 60.7 Å². The second-order valence-corrected chi connectivity index (χ2v) is 7.28. The Balaban J connectivity index is 0.000000273. The third kappa shape index (κ3) is 7.43. The number of hydrogen-bond acceptors (Lipinski definition) is 3. The summed E-state index contributed by atoms with van der Waals surface area (Å²) in [7, 11) is 0. The molecule has 1 aliphatic carbocycles. The fourth-order valence-corrected chi connectivity index (χ4v) is 3.48. The van der Waals surface area contributed by atoms with Gasteiger partial charge < -0.3 is 15.2 Å². The summed E-state index contributed by atoms with van der Waals surface area (Å²) in [4.78, 5) is 11.7. The number of alkyl carbamates (subject to hydrolysis) is 1. The van der Waals surface area contributed by atoms with Crippen LogP contribution in [0.25, 0.3) is 0 Å². The van der Waals surface area contributed by atoms with E-state index in [0.29, 0.717) is 24.4 Å². The highest BCUT2D eigenvalue weighted by atomic mass is 16.5. The number of aliphatic hydroxyl groups is 1. The minimum atomic E-state index is -0.310. The molecule has 4 heteroatoms. The number of rotatable bonds is 5. The van der Waals surface area contributed by atoms with E-state index in [4.69, 9.17) is 9.84 Å². The lowest BCUT2D eigenvalue weighted by Gasteiger charge is -2.20. The van der Waals surface area contributed by atoms with Crippen LogP contribution in [0.2, 0.25) is 0 Å². The molecule has 0 heterocycles. The fraction of sp³-hybridized carbons (Fsp3) is 0.435. The number of carbonyl (C=O) groups is 1. The first kappa shape index (κ1) is 21.0. The maximum Gasteiger partial charge on any atom is 0.407 e. The minimum Gasteiger partial charge on any atom is -0.445 e. The van der Waals surface area contributed by atoms with Crippen molar-refractivity contribution in [3.8, 4) is 0 Å². The molecule has 4 nitrogen and oxygen atoms in total. The first-order chi connectivity index (χ1) is 13.1. The quantitative estimate of drug-likeness (QED) is 0.798. The van der Waals surface area contributed by atoms with E-state index < -0.39 is 0 Å². The van der Waals surface area contributed by atoms with E-state index in [1.165, 1.54) is 12.8 Å². The maximum atomic E-state index is 11.7. The Labute approximate surface area is 162 Å². The number of amides is 1. The van der Waals surface area contributed by atoms with Crippen LogP contribution in [0.3, 0.4) is 0 Å². The van der Waals surface area contributed by atoms with Gasteiger partial charge >= 0.3 is 6.09 Å². The summed E-state index contributed by atoms with van der Waals surface area (Å²) in [5.41, 5.74) is 1.98. The van der Waals surface area contributed by atoms with E-state index >= 15 is 0 Å². The van der Waals surface area contributed by atoms with Crippen LogP contribution in [0.4, 0.5) is 4.79 Å². The van der Waals surface area contributed by atoms with Gasteiger partial charge in [0.2, 0.25) is 0 Å². The second-order valence-electron chi connectivity index (χ2n) is 7.28. The molecule has 2 N–H and O–H groups in total. The third-order valence-electron chi connectivity index (χ3n) is 5.26. The van der Waals surface area contributed by atoms with Gasteiger partial charge in [-0.25, -0.2) is 4.79 Å². The zero-order valence-electron chi connectivity index (χ0n) is 16.3. The van der Waals surface area contributed by atoms with Gasteiger partial charge in [-0.3, -0.25) is 0 Å². The molecule has 1 saturated carbocycles. The third-order valence-corrected chi connectivity index (χ3v) is 5.26. The number of aliphatic hydroxyl groups excluding tert-OH is 1. The van der Waals surface area contributed by atoms with Gasteiger partial charge in [0, 0.05) is 6.54 Å². The summed E-state index contributed by atoms with van der Waals surface area (Å²) < 4.78 is 5.21. The zero-order chi connectivity index (χ0) is 19.5. The molecule has 0 bridgehead atoms. The van der Waals surface area contributed by atoms with E-state index in [1.54, 1.807) is 0 Å². The Hall–Kier alpha value is -2.33. The van der Waals surface area contributed by atoms with Crippen molar-refractivity contribution in [3.63, 3.8) is 0 Å². The molecule has 0 spiro atoms. The average Bonchev–Trinajstić information content (AvgIpc) is 3.04. The van der Waals surface area contributed by atoms with Crippen molar-refractivity contribution in [1.82, 2.24) is 5.32 Å². The SMILES string of the molecule is CC1CC[C@@H](C)C1CNC(=O)OCc1ccccc1.OCc1ccccc1. The Morgan fingerprint density at radius 3 is 1.96 bits per heavy atom. The molecule has 3 atom stereocenters. The number of benzene rings is 2. The van der Waals surface area contributed by atoms with Crippen LogP contribution in [0, 0.1) is 17.8 Å². The van der Waals surface area contributed by atoms with Gasteiger partial charge in [0.05, 0.1) is 6.61 Å². The predicted molar refractivity (Wildman–Crippen MR) is 108 cm³/mol. The van der Waals surface area contributed by atoms with Gasteiger partial charge in [-0.2, -0.15) is 0 Å². The molecule has 1 aliphatic rings. The summed E-state index contributed by atoms with van der Waals surface area (Å²) in [6.45, 7) is 5.75. The second kappa shape index (κ2) is 11.4. The molecular weight excluding hydrogens is 338 g/mol. The molecule has 27 heavy (non-hydrogen) atoms. The molecule has 0 radical (unpaired) electrons. The first-order valence-electron chi connectivity index (χ1n) is 9.69. The average molecular weight is 370 g/mol.